The van der Waals surface area contributed by atoms with Crippen LogP contribution in [0.15, 0.2) is 42.5 Å². The molecule has 0 radical (unpaired) electrons. The minimum atomic E-state index is -0.494. The highest BCUT2D eigenvalue weighted by Crippen LogP contribution is 2.21. The molecule has 2 aromatic carbocycles. The molecule has 1 amide bonds. The van der Waals surface area contributed by atoms with Crippen molar-refractivity contribution in [1.29, 1.82) is 0 Å². The minimum Gasteiger partial charge on any atom is -0.483 e. The van der Waals surface area contributed by atoms with Crippen LogP contribution in [0.3, 0.4) is 0 Å². The third-order valence-corrected chi connectivity index (χ3v) is 3.82. The number of carbonyl (C=O) groups is 2. The summed E-state index contributed by atoms with van der Waals surface area (Å²) in [7, 11) is 0. The fourth-order valence-corrected chi connectivity index (χ4v) is 2.50. The summed E-state index contributed by atoms with van der Waals surface area (Å²) < 4.78 is 10.4. The first kappa shape index (κ1) is 19.1. The van der Waals surface area contributed by atoms with Gasteiger partial charge in [0.1, 0.15) is 11.3 Å². The summed E-state index contributed by atoms with van der Waals surface area (Å²) in [5.74, 6) is -0.545. The van der Waals surface area contributed by atoms with Gasteiger partial charge in [-0.15, -0.1) is 0 Å². The third-order valence-electron chi connectivity index (χ3n) is 3.23. The van der Waals surface area contributed by atoms with Crippen molar-refractivity contribution in [3.05, 3.63) is 63.6 Å². The van der Waals surface area contributed by atoms with Gasteiger partial charge in [0.2, 0.25) is 0 Å². The van der Waals surface area contributed by atoms with Crippen molar-refractivity contribution in [2.75, 3.05) is 13.2 Å². The van der Waals surface area contributed by atoms with Crippen molar-refractivity contribution in [3.8, 4) is 5.75 Å². The average molecular weight is 382 g/mol. The molecule has 0 spiro atoms. The Kier molecular flexibility index (Phi) is 7.10. The van der Waals surface area contributed by atoms with E-state index in [-0.39, 0.29) is 31.2 Å². The van der Waals surface area contributed by atoms with Gasteiger partial charge in [0, 0.05) is 16.6 Å². The molecular formula is C18H17Cl2NO4. The van der Waals surface area contributed by atoms with E-state index in [0.717, 1.165) is 5.56 Å². The smallest absolute Gasteiger partial charge is 0.341 e. The van der Waals surface area contributed by atoms with Gasteiger partial charge in [-0.3, -0.25) is 4.79 Å². The van der Waals surface area contributed by atoms with E-state index < -0.39 is 5.97 Å². The first-order chi connectivity index (χ1) is 12.0. The third kappa shape index (κ3) is 5.66. The van der Waals surface area contributed by atoms with Crippen LogP contribution in [0.1, 0.15) is 22.8 Å². The molecule has 0 atom stereocenters. The predicted octanol–water partition coefficient (Wildman–Crippen LogP) is 3.87. The van der Waals surface area contributed by atoms with Crippen molar-refractivity contribution in [1.82, 2.24) is 5.32 Å². The van der Waals surface area contributed by atoms with Crippen LogP contribution in [0.2, 0.25) is 10.0 Å². The summed E-state index contributed by atoms with van der Waals surface area (Å²) in [4.78, 5) is 23.8. The van der Waals surface area contributed by atoms with Crippen LogP contribution < -0.4 is 10.1 Å². The molecule has 7 heteroatoms. The second kappa shape index (κ2) is 9.30. The number of amides is 1. The molecule has 0 fully saturated rings. The number of hydrogen-bond acceptors (Lipinski definition) is 4. The van der Waals surface area contributed by atoms with Crippen LogP contribution >= 0.6 is 23.2 Å². The minimum absolute atomic E-state index is 0.234. The highest BCUT2D eigenvalue weighted by atomic mass is 35.5. The molecule has 2 rings (SSSR count). The first-order valence-corrected chi connectivity index (χ1v) is 8.36. The van der Waals surface area contributed by atoms with Gasteiger partial charge in [0.05, 0.1) is 6.61 Å². The van der Waals surface area contributed by atoms with Gasteiger partial charge in [-0.1, -0.05) is 41.4 Å². The molecule has 0 saturated carbocycles. The van der Waals surface area contributed by atoms with Crippen molar-refractivity contribution in [2.45, 2.75) is 13.5 Å². The fraction of sp³-hybridized carbons (Fsp3) is 0.222. The van der Waals surface area contributed by atoms with E-state index in [1.165, 1.54) is 0 Å². The second-order valence-corrected chi connectivity index (χ2v) is 5.86. The molecule has 0 saturated heterocycles. The van der Waals surface area contributed by atoms with E-state index in [4.69, 9.17) is 32.7 Å². The molecule has 25 heavy (non-hydrogen) atoms. The summed E-state index contributed by atoms with van der Waals surface area (Å²) in [5.41, 5.74) is 1.02. The number of halogens is 2. The molecule has 0 bridgehead atoms. The molecule has 5 nitrogen and oxygen atoms in total. The summed E-state index contributed by atoms with van der Waals surface area (Å²) in [6.07, 6.45) is 0. The second-order valence-electron chi connectivity index (χ2n) is 5.02. The number of ether oxygens (including phenoxy) is 2. The van der Waals surface area contributed by atoms with Crippen LogP contribution in [0.5, 0.6) is 5.75 Å². The average Bonchev–Trinajstić information content (AvgIpc) is 2.59. The maximum Gasteiger partial charge on any atom is 0.341 e. The Morgan fingerprint density at radius 3 is 2.60 bits per heavy atom. The number of carbonyl (C=O) groups excluding carboxylic acids is 2. The maximum atomic E-state index is 12.0. The van der Waals surface area contributed by atoms with E-state index >= 15 is 0 Å². The Hall–Kier alpha value is -2.24. The Morgan fingerprint density at radius 2 is 1.88 bits per heavy atom. The van der Waals surface area contributed by atoms with Crippen molar-refractivity contribution in [2.24, 2.45) is 0 Å². The monoisotopic (exact) mass is 381 g/mol. The Labute approximate surface area is 155 Å². The topological polar surface area (TPSA) is 64.6 Å². The molecule has 0 heterocycles. The van der Waals surface area contributed by atoms with Gasteiger partial charge in [-0.25, -0.2) is 4.79 Å². The molecule has 0 aliphatic rings. The zero-order chi connectivity index (χ0) is 18.2. The van der Waals surface area contributed by atoms with Crippen LogP contribution in [0.25, 0.3) is 0 Å². The Morgan fingerprint density at radius 1 is 1.12 bits per heavy atom. The number of rotatable bonds is 7. The van der Waals surface area contributed by atoms with E-state index in [9.17, 15) is 9.59 Å². The predicted molar refractivity (Wildman–Crippen MR) is 96.2 cm³/mol. The summed E-state index contributed by atoms with van der Waals surface area (Å²) in [6.45, 7) is 1.99. The van der Waals surface area contributed by atoms with Gasteiger partial charge in [-0.05, 0) is 36.8 Å². The SMILES string of the molecule is CCOC(=O)c1ccccc1OCC(=O)NCc1ccc(Cl)cc1Cl. The molecule has 2 aromatic rings. The highest BCUT2D eigenvalue weighted by molar-refractivity contribution is 6.35. The largest absolute Gasteiger partial charge is 0.483 e. The van der Waals surface area contributed by atoms with Crippen LogP contribution in [-0.4, -0.2) is 25.1 Å². The van der Waals surface area contributed by atoms with Crippen LogP contribution in [0, 0.1) is 0 Å². The zero-order valence-electron chi connectivity index (χ0n) is 13.6. The van der Waals surface area contributed by atoms with E-state index in [2.05, 4.69) is 5.32 Å². The van der Waals surface area contributed by atoms with Gasteiger partial charge >= 0.3 is 5.97 Å². The number of para-hydroxylation sites is 1. The van der Waals surface area contributed by atoms with E-state index in [1.54, 1.807) is 49.4 Å². The maximum absolute atomic E-state index is 12.0. The molecular weight excluding hydrogens is 365 g/mol. The van der Waals surface area contributed by atoms with Crippen molar-refractivity contribution < 1.29 is 19.1 Å². The van der Waals surface area contributed by atoms with Crippen LogP contribution in [0.4, 0.5) is 0 Å². The zero-order valence-corrected chi connectivity index (χ0v) is 15.1. The summed E-state index contributed by atoms with van der Waals surface area (Å²) in [5, 5.41) is 3.70. The molecule has 132 valence electrons. The lowest BCUT2D eigenvalue weighted by Crippen LogP contribution is -2.28. The van der Waals surface area contributed by atoms with Gasteiger partial charge in [0.15, 0.2) is 6.61 Å². The lowest BCUT2D eigenvalue weighted by molar-refractivity contribution is -0.123. The normalized spacial score (nSPS) is 10.2. The lowest BCUT2D eigenvalue weighted by atomic mass is 10.2. The van der Waals surface area contributed by atoms with Crippen molar-refractivity contribution >= 4 is 35.1 Å². The summed E-state index contributed by atoms with van der Waals surface area (Å²) in [6, 6.07) is 11.6. The number of nitrogens with one attached hydrogen (secondary N) is 1. The molecule has 1 N–H and O–H groups in total. The van der Waals surface area contributed by atoms with Crippen LogP contribution in [-0.2, 0) is 16.1 Å². The number of esters is 1. The van der Waals surface area contributed by atoms with E-state index in [0.29, 0.717) is 15.8 Å². The molecule has 0 aromatic heterocycles. The van der Waals surface area contributed by atoms with Gasteiger partial charge in [0.25, 0.3) is 5.91 Å². The lowest BCUT2D eigenvalue weighted by Gasteiger charge is -2.11. The van der Waals surface area contributed by atoms with Gasteiger partial charge < -0.3 is 14.8 Å². The molecule has 0 aliphatic heterocycles. The Balaban J connectivity index is 1.91. The van der Waals surface area contributed by atoms with Crippen molar-refractivity contribution in [3.63, 3.8) is 0 Å². The standard InChI is InChI=1S/C18H17Cl2NO4/c1-2-24-18(23)14-5-3-4-6-16(14)25-11-17(22)21-10-12-7-8-13(19)9-15(12)20/h3-9H,2,10-11H2,1H3,(H,21,22). The molecule has 0 aliphatic carbocycles. The quantitative estimate of drug-likeness (QED) is 0.739. The fourth-order valence-electron chi connectivity index (χ4n) is 2.02. The summed E-state index contributed by atoms with van der Waals surface area (Å²) >= 11 is 11.9. The van der Waals surface area contributed by atoms with E-state index in [1.807, 2.05) is 0 Å². The Bertz CT molecular complexity index is 764. The number of hydrogen-bond donors (Lipinski definition) is 1. The highest BCUT2D eigenvalue weighted by Gasteiger charge is 2.14. The molecule has 0 unspecified atom stereocenters. The first-order valence-electron chi connectivity index (χ1n) is 7.60. The van der Waals surface area contributed by atoms with Gasteiger partial charge in [-0.2, -0.15) is 0 Å². The number of benzene rings is 2.